The maximum atomic E-state index is 2.81. The van der Waals surface area contributed by atoms with Crippen molar-refractivity contribution in [3.8, 4) is 0 Å². The fourth-order valence-electron chi connectivity index (χ4n) is 11.6. The van der Waals surface area contributed by atoms with Crippen LogP contribution in [-0.4, -0.2) is 69.1 Å². The molecule has 9 unspecified atom stereocenters. The van der Waals surface area contributed by atoms with Gasteiger partial charge in [-0.05, 0) is 146 Å². The van der Waals surface area contributed by atoms with Crippen LogP contribution in [0.2, 0.25) is 0 Å². The smallest absolute Gasteiger partial charge is 0.0180 e. The van der Waals surface area contributed by atoms with Crippen molar-refractivity contribution in [3.63, 3.8) is 0 Å². The quantitative estimate of drug-likeness (QED) is 0.257. The summed E-state index contributed by atoms with van der Waals surface area (Å²) in [7, 11) is 0. The van der Waals surface area contributed by atoms with Crippen LogP contribution in [0.25, 0.3) is 0 Å². The highest BCUT2D eigenvalue weighted by molar-refractivity contribution is 5.10. The maximum Gasteiger partial charge on any atom is 0.0180 e. The molecule has 6 aliphatic rings. The minimum atomic E-state index is 0.329. The molecule has 6 fully saturated rings. The number of likely N-dealkylation sites (tertiary alicyclic amines) is 3. The Morgan fingerprint density at radius 1 is 0.340 bits per heavy atom. The van der Waals surface area contributed by atoms with Crippen LogP contribution >= 0.6 is 0 Å². The second kappa shape index (κ2) is 13.5. The van der Waals surface area contributed by atoms with Gasteiger partial charge in [0.2, 0.25) is 0 Å². The summed E-state index contributed by atoms with van der Waals surface area (Å²) in [5.74, 6) is 5.94. The van der Waals surface area contributed by atoms with Gasteiger partial charge in [0.1, 0.15) is 0 Å². The summed E-state index contributed by atoms with van der Waals surface area (Å²) >= 11 is 0. The summed E-state index contributed by atoms with van der Waals surface area (Å²) in [4.78, 5) is 8.35. The topological polar surface area (TPSA) is 9.72 Å². The first-order valence-corrected chi connectivity index (χ1v) is 20.4. The molecule has 0 aromatic heterocycles. The average Bonchev–Trinajstić information content (AvgIpc) is 3.30. The first kappa shape index (κ1) is 39.7. The van der Waals surface area contributed by atoms with Gasteiger partial charge in [-0.15, -0.1) is 0 Å². The minimum Gasteiger partial charge on any atom is -0.294 e. The van der Waals surface area contributed by atoms with Crippen molar-refractivity contribution in [1.29, 1.82) is 0 Å². The lowest BCUT2D eigenvalue weighted by Crippen LogP contribution is -2.51. The molecular weight excluding hydrogens is 571 g/mol. The maximum absolute atomic E-state index is 2.81. The van der Waals surface area contributed by atoms with Gasteiger partial charge in [-0.3, -0.25) is 14.7 Å². The van der Waals surface area contributed by atoms with E-state index in [2.05, 4.69) is 139 Å². The molecule has 0 amide bonds. The molecule has 3 aliphatic heterocycles. The van der Waals surface area contributed by atoms with E-state index in [1.165, 1.54) is 71.0 Å². The molecule has 0 spiro atoms. The Balaban J connectivity index is 0.000000160. The van der Waals surface area contributed by atoms with Gasteiger partial charge in [0, 0.05) is 54.4 Å². The number of fused-ring (bicyclic) bond motifs is 3. The highest BCUT2D eigenvalue weighted by Gasteiger charge is 2.58. The van der Waals surface area contributed by atoms with E-state index in [-0.39, 0.29) is 0 Å². The van der Waals surface area contributed by atoms with Gasteiger partial charge < -0.3 is 0 Å². The molecule has 3 saturated heterocycles. The molecule has 0 radical (unpaired) electrons. The van der Waals surface area contributed by atoms with Crippen LogP contribution in [0.4, 0.5) is 0 Å². The normalized spacial score (nSPS) is 37.0. The monoisotopic (exact) mass is 656 g/mol. The molecular formula is C44H85N3. The SMILES string of the molecule is CC(C)(C)C1C2CC2CN1C(C)(C)C.CC(C)(C)C1C2CCCC2CN1C(C)(C)C.CC(C)(C)C1C2CCCCC2CN1C(C)(C)C. The highest BCUT2D eigenvalue weighted by Crippen LogP contribution is 2.56. The molecule has 0 aromatic rings. The van der Waals surface area contributed by atoms with Crippen molar-refractivity contribution in [2.24, 2.45) is 51.8 Å². The second-order valence-electron chi connectivity index (χ2n) is 23.6. The van der Waals surface area contributed by atoms with Gasteiger partial charge in [-0.1, -0.05) is 81.6 Å². The molecule has 47 heavy (non-hydrogen) atoms. The molecule has 3 heteroatoms. The molecule has 3 heterocycles. The van der Waals surface area contributed by atoms with Crippen molar-refractivity contribution in [1.82, 2.24) is 14.7 Å². The zero-order valence-corrected chi connectivity index (χ0v) is 35.3. The summed E-state index contributed by atoms with van der Waals surface area (Å²) in [6.45, 7) is 47.2. The summed E-state index contributed by atoms with van der Waals surface area (Å²) < 4.78 is 0. The van der Waals surface area contributed by atoms with Gasteiger partial charge in [-0.2, -0.15) is 0 Å². The Labute approximate surface area is 296 Å². The van der Waals surface area contributed by atoms with Crippen LogP contribution in [0.5, 0.6) is 0 Å². The first-order chi connectivity index (χ1) is 21.1. The third-order valence-electron chi connectivity index (χ3n) is 13.4. The van der Waals surface area contributed by atoms with Crippen LogP contribution in [0.3, 0.4) is 0 Å². The van der Waals surface area contributed by atoms with Gasteiger partial charge in [-0.25, -0.2) is 0 Å². The van der Waals surface area contributed by atoms with E-state index in [4.69, 9.17) is 0 Å². The Morgan fingerprint density at radius 2 is 0.638 bits per heavy atom. The zero-order valence-electron chi connectivity index (χ0n) is 35.3. The van der Waals surface area contributed by atoms with Crippen LogP contribution in [0.15, 0.2) is 0 Å². The fraction of sp³-hybridized carbons (Fsp3) is 1.00. The number of piperidine rings is 1. The molecule has 3 aliphatic carbocycles. The lowest BCUT2D eigenvalue weighted by Gasteiger charge is -2.45. The standard InChI is InChI=1S/C16H31N.C15H29N.C13H25N/c1-15(2,3)14-13-10-8-7-9-12(13)11-17(14)16(4,5)6;1-14(2,3)13-12-9-7-8-11(12)10-16(13)15(4,5)6;1-12(2,3)11-10-7-9(10)8-14(11)13(4,5)6/h12-14H,7-11H2,1-6H3;11-13H,7-10H2,1-6H3;9-11H,7-8H2,1-6H3. The van der Waals surface area contributed by atoms with Crippen LogP contribution in [0.1, 0.15) is 176 Å². The number of rotatable bonds is 0. The molecule has 276 valence electrons. The van der Waals surface area contributed by atoms with E-state index in [1.54, 1.807) is 0 Å². The number of nitrogens with zero attached hydrogens (tertiary/aromatic N) is 3. The first-order valence-electron chi connectivity index (χ1n) is 20.4. The Kier molecular flexibility index (Phi) is 11.4. The number of hydrogen-bond acceptors (Lipinski definition) is 3. The van der Waals surface area contributed by atoms with E-state index in [9.17, 15) is 0 Å². The molecule has 9 atom stereocenters. The van der Waals surface area contributed by atoms with Crippen LogP contribution in [-0.2, 0) is 0 Å². The lowest BCUT2D eigenvalue weighted by molar-refractivity contribution is 0.0362. The van der Waals surface area contributed by atoms with Crippen LogP contribution in [0, 0.1) is 51.8 Å². The predicted octanol–water partition coefficient (Wildman–Crippen LogP) is 11.4. The highest BCUT2D eigenvalue weighted by atomic mass is 15.3. The zero-order chi connectivity index (χ0) is 35.7. The largest absolute Gasteiger partial charge is 0.294 e. The third kappa shape index (κ3) is 9.04. The Morgan fingerprint density at radius 3 is 0.979 bits per heavy atom. The van der Waals surface area contributed by atoms with Gasteiger partial charge >= 0.3 is 0 Å². The summed E-state index contributed by atoms with van der Waals surface area (Å²) in [5, 5.41) is 0. The third-order valence-corrected chi connectivity index (χ3v) is 13.4. The molecule has 0 bridgehead atoms. The van der Waals surface area contributed by atoms with Gasteiger partial charge in [0.05, 0.1) is 0 Å². The summed E-state index contributed by atoms with van der Waals surface area (Å²) in [6, 6.07) is 2.39. The van der Waals surface area contributed by atoms with Gasteiger partial charge in [0.25, 0.3) is 0 Å². The molecule has 0 N–H and O–H groups in total. The Hall–Kier alpha value is -0.120. The van der Waals surface area contributed by atoms with Crippen molar-refractivity contribution in [3.05, 3.63) is 0 Å². The fourth-order valence-corrected chi connectivity index (χ4v) is 11.6. The summed E-state index contributed by atoms with van der Waals surface area (Å²) in [6.07, 6.45) is 11.8. The van der Waals surface area contributed by atoms with Crippen molar-refractivity contribution >= 4 is 0 Å². The van der Waals surface area contributed by atoms with E-state index in [0.717, 1.165) is 53.6 Å². The van der Waals surface area contributed by atoms with Crippen LogP contribution < -0.4 is 0 Å². The van der Waals surface area contributed by atoms with Crippen molar-refractivity contribution in [2.45, 2.75) is 211 Å². The molecule has 3 saturated carbocycles. The average molecular weight is 656 g/mol. The molecule has 6 rings (SSSR count). The van der Waals surface area contributed by atoms with E-state index >= 15 is 0 Å². The minimum absolute atomic E-state index is 0.329. The van der Waals surface area contributed by atoms with E-state index in [0.29, 0.717) is 32.9 Å². The lowest BCUT2D eigenvalue weighted by atomic mass is 9.71. The van der Waals surface area contributed by atoms with E-state index < -0.39 is 0 Å². The summed E-state index contributed by atoms with van der Waals surface area (Å²) in [5.41, 5.74) is 2.31. The van der Waals surface area contributed by atoms with Gasteiger partial charge in [0.15, 0.2) is 0 Å². The van der Waals surface area contributed by atoms with Crippen molar-refractivity contribution in [2.75, 3.05) is 19.6 Å². The predicted molar refractivity (Wildman–Crippen MR) is 207 cm³/mol. The molecule has 3 nitrogen and oxygen atoms in total. The second-order valence-corrected chi connectivity index (χ2v) is 23.6. The molecule has 0 aromatic carbocycles. The Bertz CT molecular complexity index is 1020. The van der Waals surface area contributed by atoms with E-state index in [1.807, 2.05) is 0 Å². The number of hydrogen-bond donors (Lipinski definition) is 0. The van der Waals surface area contributed by atoms with Crippen molar-refractivity contribution < 1.29 is 0 Å².